The van der Waals surface area contributed by atoms with Gasteiger partial charge in [-0.25, -0.2) is 0 Å². The number of carbonyl (C=O) groups is 2. The minimum absolute atomic E-state index is 0.104. The molecule has 2 saturated heterocycles. The molecule has 0 radical (unpaired) electrons. The van der Waals surface area contributed by atoms with Crippen LogP contribution in [0, 0.1) is 6.92 Å². The van der Waals surface area contributed by atoms with Crippen LogP contribution in [0.3, 0.4) is 0 Å². The van der Waals surface area contributed by atoms with Crippen LogP contribution >= 0.6 is 15.9 Å². The highest BCUT2D eigenvalue weighted by Crippen LogP contribution is 2.40. The molecule has 2 aliphatic rings. The van der Waals surface area contributed by atoms with Crippen LogP contribution in [0.2, 0.25) is 0 Å². The second-order valence-electron chi connectivity index (χ2n) is 8.93. The number of aliphatic hydroxyl groups is 1. The van der Waals surface area contributed by atoms with E-state index in [1.165, 1.54) is 0 Å². The van der Waals surface area contributed by atoms with Crippen molar-refractivity contribution in [1.82, 2.24) is 9.80 Å². The lowest BCUT2D eigenvalue weighted by molar-refractivity contribution is -0.140. The lowest BCUT2D eigenvalue weighted by atomic mass is 9.94. The Morgan fingerprint density at radius 1 is 1.17 bits per heavy atom. The predicted octanol–water partition coefficient (Wildman–Crippen LogP) is 4.47. The lowest BCUT2D eigenvalue weighted by Gasteiger charge is -2.29. The van der Waals surface area contributed by atoms with Crippen molar-refractivity contribution < 1.29 is 24.2 Å². The molecule has 0 spiro atoms. The molecule has 1 atom stereocenters. The molecule has 2 fully saturated rings. The Morgan fingerprint density at radius 3 is 2.56 bits per heavy atom. The van der Waals surface area contributed by atoms with Gasteiger partial charge >= 0.3 is 0 Å². The van der Waals surface area contributed by atoms with E-state index in [9.17, 15) is 14.7 Å². The van der Waals surface area contributed by atoms with Crippen LogP contribution in [0.1, 0.15) is 29.2 Å². The number of rotatable bonds is 9. The SMILES string of the molecule is C=CCOc1ccc(/C(O)=C2\C(=O)C(=O)N(CCCN3CCOCC3)C2c2ccc(Br)cc2)cc1C. The minimum atomic E-state index is -0.670. The van der Waals surface area contributed by atoms with Crippen LogP contribution < -0.4 is 4.74 Å². The molecule has 8 heteroatoms. The number of halogens is 1. The van der Waals surface area contributed by atoms with Crippen molar-refractivity contribution >= 4 is 33.4 Å². The summed E-state index contributed by atoms with van der Waals surface area (Å²) >= 11 is 3.45. The summed E-state index contributed by atoms with van der Waals surface area (Å²) in [6.45, 7) is 10.3. The van der Waals surface area contributed by atoms with Gasteiger partial charge in [-0.3, -0.25) is 14.5 Å². The monoisotopic (exact) mass is 554 g/mol. The van der Waals surface area contributed by atoms with Gasteiger partial charge < -0.3 is 19.5 Å². The van der Waals surface area contributed by atoms with E-state index in [0.717, 1.165) is 35.2 Å². The van der Waals surface area contributed by atoms with E-state index in [1.807, 2.05) is 31.2 Å². The molecule has 2 aliphatic heterocycles. The first kappa shape index (κ1) is 26.1. The quantitative estimate of drug-likeness (QED) is 0.213. The normalized spacial score (nSPS) is 20.1. The van der Waals surface area contributed by atoms with Crippen molar-refractivity contribution in [2.24, 2.45) is 0 Å². The molecule has 1 N–H and O–H groups in total. The molecule has 7 nitrogen and oxygen atoms in total. The number of ketones is 1. The maximum absolute atomic E-state index is 13.3. The summed E-state index contributed by atoms with van der Waals surface area (Å²) in [5.74, 6) is -0.777. The average molecular weight is 555 g/mol. The predicted molar refractivity (Wildman–Crippen MR) is 142 cm³/mol. The van der Waals surface area contributed by atoms with E-state index in [1.54, 1.807) is 29.2 Å². The molecular weight excluding hydrogens is 524 g/mol. The number of hydrogen-bond acceptors (Lipinski definition) is 6. The number of likely N-dealkylation sites (tertiary alicyclic amines) is 1. The van der Waals surface area contributed by atoms with Gasteiger partial charge in [0.15, 0.2) is 0 Å². The first-order valence-electron chi connectivity index (χ1n) is 12.1. The smallest absolute Gasteiger partial charge is 0.295 e. The Balaban J connectivity index is 1.66. The number of hydrogen-bond donors (Lipinski definition) is 1. The molecule has 0 bridgehead atoms. The second kappa shape index (κ2) is 11.9. The zero-order valence-electron chi connectivity index (χ0n) is 20.4. The Labute approximate surface area is 220 Å². The zero-order valence-corrected chi connectivity index (χ0v) is 22.0. The number of nitrogens with zero attached hydrogens (tertiary/aromatic N) is 2. The number of aliphatic hydroxyl groups excluding tert-OH is 1. The molecule has 1 amide bonds. The summed E-state index contributed by atoms with van der Waals surface area (Å²) in [4.78, 5) is 30.3. The summed E-state index contributed by atoms with van der Waals surface area (Å²) in [5.41, 5.74) is 2.15. The highest BCUT2D eigenvalue weighted by atomic mass is 79.9. The number of Topliss-reactive ketones (excluding diaryl/α,β-unsaturated/α-hetero) is 1. The van der Waals surface area contributed by atoms with E-state index in [0.29, 0.717) is 44.1 Å². The molecular formula is C28H31BrN2O5. The van der Waals surface area contributed by atoms with Crippen LogP contribution in [-0.2, 0) is 14.3 Å². The summed E-state index contributed by atoms with van der Waals surface area (Å²) < 4.78 is 11.9. The summed E-state index contributed by atoms with van der Waals surface area (Å²) in [6, 6.07) is 12.0. The van der Waals surface area contributed by atoms with Gasteiger partial charge in [0.25, 0.3) is 11.7 Å². The van der Waals surface area contributed by atoms with E-state index in [-0.39, 0.29) is 11.3 Å². The third-order valence-corrected chi connectivity index (χ3v) is 7.04. The van der Waals surface area contributed by atoms with E-state index in [2.05, 4.69) is 27.4 Å². The van der Waals surface area contributed by atoms with Gasteiger partial charge in [-0.1, -0.05) is 40.7 Å². The van der Waals surface area contributed by atoms with Crippen molar-refractivity contribution in [1.29, 1.82) is 0 Å². The number of ether oxygens (including phenoxy) is 2. The van der Waals surface area contributed by atoms with Crippen molar-refractivity contribution in [2.75, 3.05) is 46.0 Å². The standard InChI is InChI=1S/C28H31BrN2O5/c1-3-15-36-23-10-7-21(18-19(23)2)26(32)24-25(20-5-8-22(29)9-6-20)31(28(34)27(24)33)12-4-11-30-13-16-35-17-14-30/h3,5-10,18,25,32H,1,4,11-17H2,2H3/b26-24+. The Kier molecular flexibility index (Phi) is 8.61. The molecule has 0 aliphatic carbocycles. The Bertz CT molecular complexity index is 1160. The minimum Gasteiger partial charge on any atom is -0.507 e. The molecule has 190 valence electrons. The second-order valence-corrected chi connectivity index (χ2v) is 9.85. The molecule has 0 aromatic heterocycles. The first-order valence-corrected chi connectivity index (χ1v) is 12.9. The van der Waals surface area contributed by atoms with Crippen molar-refractivity contribution in [3.8, 4) is 5.75 Å². The van der Waals surface area contributed by atoms with Gasteiger partial charge in [-0.15, -0.1) is 0 Å². The van der Waals surface area contributed by atoms with Crippen molar-refractivity contribution in [3.05, 3.63) is 81.9 Å². The summed E-state index contributed by atoms with van der Waals surface area (Å²) in [5, 5.41) is 11.3. The van der Waals surface area contributed by atoms with Gasteiger partial charge in [0.05, 0.1) is 24.8 Å². The van der Waals surface area contributed by atoms with E-state index >= 15 is 0 Å². The Morgan fingerprint density at radius 2 is 1.89 bits per heavy atom. The van der Waals surface area contributed by atoms with Gasteiger partial charge in [-0.2, -0.15) is 0 Å². The molecule has 0 saturated carbocycles. The maximum atomic E-state index is 13.3. The van der Waals surface area contributed by atoms with Crippen molar-refractivity contribution in [3.63, 3.8) is 0 Å². The van der Waals surface area contributed by atoms with Crippen molar-refractivity contribution in [2.45, 2.75) is 19.4 Å². The van der Waals surface area contributed by atoms with Gasteiger partial charge in [-0.05, 0) is 54.8 Å². The zero-order chi connectivity index (χ0) is 25.7. The molecule has 2 aromatic rings. The molecule has 2 heterocycles. The van der Waals surface area contributed by atoms with Gasteiger partial charge in [0.2, 0.25) is 0 Å². The van der Waals surface area contributed by atoms with Crippen LogP contribution in [0.4, 0.5) is 0 Å². The maximum Gasteiger partial charge on any atom is 0.295 e. The fourth-order valence-electron chi connectivity index (χ4n) is 4.65. The number of benzene rings is 2. The fourth-order valence-corrected chi connectivity index (χ4v) is 4.92. The van der Waals surface area contributed by atoms with Gasteiger partial charge in [0.1, 0.15) is 18.1 Å². The highest BCUT2D eigenvalue weighted by molar-refractivity contribution is 9.10. The highest BCUT2D eigenvalue weighted by Gasteiger charge is 2.45. The molecule has 1 unspecified atom stereocenters. The number of carbonyl (C=O) groups excluding carboxylic acids is 2. The van der Waals surface area contributed by atoms with Crippen LogP contribution in [0.25, 0.3) is 5.76 Å². The topological polar surface area (TPSA) is 79.3 Å². The molecule has 2 aromatic carbocycles. The van der Waals surface area contributed by atoms with Crippen LogP contribution in [0.5, 0.6) is 5.75 Å². The Hall–Kier alpha value is -2.94. The molecule has 36 heavy (non-hydrogen) atoms. The average Bonchev–Trinajstić information content (AvgIpc) is 3.13. The third-order valence-electron chi connectivity index (χ3n) is 6.51. The van der Waals surface area contributed by atoms with E-state index in [4.69, 9.17) is 9.47 Å². The number of aryl methyl sites for hydroxylation is 1. The third kappa shape index (κ3) is 5.72. The summed E-state index contributed by atoms with van der Waals surface area (Å²) in [7, 11) is 0. The van der Waals surface area contributed by atoms with E-state index < -0.39 is 17.7 Å². The van der Waals surface area contributed by atoms with Gasteiger partial charge in [0, 0.05) is 36.2 Å². The van der Waals surface area contributed by atoms with Crippen LogP contribution in [-0.4, -0.2) is 72.6 Å². The van der Waals surface area contributed by atoms with Crippen LogP contribution in [0.15, 0.2) is 65.2 Å². The fraction of sp³-hybridized carbons (Fsp3) is 0.357. The largest absolute Gasteiger partial charge is 0.507 e. The molecule has 4 rings (SSSR count). The lowest BCUT2D eigenvalue weighted by Crippen LogP contribution is -2.38. The first-order chi connectivity index (χ1) is 17.4. The number of morpholine rings is 1. The number of amides is 1. The summed E-state index contributed by atoms with van der Waals surface area (Å²) in [6.07, 6.45) is 2.38.